The number of aromatic nitrogens is 2. The topological polar surface area (TPSA) is 58.4 Å². The molecule has 1 aliphatic carbocycles. The summed E-state index contributed by atoms with van der Waals surface area (Å²) >= 11 is 0. The van der Waals surface area contributed by atoms with Crippen LogP contribution in [-0.2, 0) is 25.9 Å². The van der Waals surface area contributed by atoms with Gasteiger partial charge in [-0.3, -0.25) is 9.36 Å². The second-order valence-electron chi connectivity index (χ2n) is 12.1. The molecule has 1 fully saturated rings. The molecule has 0 bridgehead atoms. The standard InChI is InChI=1S/C33H40N4O2/c1-23(2)35-18-16-27(36(32(35)39)21-26-13-11-24(3)12-14-26)19-30-34-29-15-17-33(4,5)20-28(29)31(38)37(30)22-25-9-7-6-8-10-25/h6-15,17,23,27H,16,18-22H2,1-5H3. The predicted octanol–water partition coefficient (Wildman–Crippen LogP) is 5.84. The first-order valence-corrected chi connectivity index (χ1v) is 14.1. The van der Waals surface area contributed by atoms with Crippen molar-refractivity contribution in [3.63, 3.8) is 0 Å². The van der Waals surface area contributed by atoms with E-state index in [1.165, 1.54) is 5.56 Å². The van der Waals surface area contributed by atoms with Crippen molar-refractivity contribution in [3.05, 3.63) is 105 Å². The summed E-state index contributed by atoms with van der Waals surface area (Å²) in [6.07, 6.45) is 6.20. The predicted molar refractivity (Wildman–Crippen MR) is 157 cm³/mol. The molecule has 6 heteroatoms. The fourth-order valence-electron chi connectivity index (χ4n) is 5.71. The average molecular weight is 525 g/mol. The fourth-order valence-corrected chi connectivity index (χ4v) is 5.71. The maximum absolute atomic E-state index is 14.0. The molecule has 1 unspecified atom stereocenters. The van der Waals surface area contributed by atoms with Crippen molar-refractivity contribution in [2.45, 2.75) is 79.1 Å². The number of fused-ring (bicyclic) bond motifs is 1. The summed E-state index contributed by atoms with van der Waals surface area (Å²) in [6.45, 7) is 12.2. The maximum atomic E-state index is 14.0. The molecule has 1 atom stereocenters. The van der Waals surface area contributed by atoms with E-state index in [9.17, 15) is 9.59 Å². The number of allylic oxidation sites excluding steroid dienone is 1. The van der Waals surface area contributed by atoms with Gasteiger partial charge in [0.25, 0.3) is 5.56 Å². The minimum absolute atomic E-state index is 0.0345. The molecule has 204 valence electrons. The number of aryl methyl sites for hydroxylation is 1. The second kappa shape index (κ2) is 10.8. The molecule has 1 aromatic heterocycles. The summed E-state index contributed by atoms with van der Waals surface area (Å²) in [6, 6.07) is 18.6. The van der Waals surface area contributed by atoms with Gasteiger partial charge in [-0.25, -0.2) is 9.78 Å². The Balaban J connectivity index is 1.54. The molecule has 2 aliphatic rings. The van der Waals surface area contributed by atoms with E-state index in [-0.39, 0.29) is 29.1 Å². The molecule has 2 aromatic carbocycles. The number of hydrogen-bond acceptors (Lipinski definition) is 3. The number of carbonyl (C=O) groups excluding carboxylic acids is 1. The Labute approximate surface area is 232 Å². The van der Waals surface area contributed by atoms with Crippen molar-refractivity contribution in [2.24, 2.45) is 5.41 Å². The van der Waals surface area contributed by atoms with E-state index in [0.29, 0.717) is 32.5 Å². The molecular weight excluding hydrogens is 484 g/mol. The number of urea groups is 1. The molecular formula is C33H40N4O2. The molecule has 0 spiro atoms. The summed E-state index contributed by atoms with van der Waals surface area (Å²) in [5.41, 5.74) is 4.88. The van der Waals surface area contributed by atoms with Crippen molar-refractivity contribution < 1.29 is 4.79 Å². The molecule has 5 rings (SSSR count). The Kier molecular flexibility index (Phi) is 7.48. The maximum Gasteiger partial charge on any atom is 0.320 e. The van der Waals surface area contributed by atoms with E-state index in [2.05, 4.69) is 65.0 Å². The molecule has 39 heavy (non-hydrogen) atoms. The van der Waals surface area contributed by atoms with Gasteiger partial charge < -0.3 is 9.80 Å². The first kappa shape index (κ1) is 26.9. The molecule has 0 radical (unpaired) electrons. The minimum Gasteiger partial charge on any atom is -0.322 e. The van der Waals surface area contributed by atoms with E-state index in [4.69, 9.17) is 4.98 Å². The van der Waals surface area contributed by atoms with E-state index >= 15 is 0 Å². The van der Waals surface area contributed by atoms with Gasteiger partial charge in [-0.1, -0.05) is 80.1 Å². The van der Waals surface area contributed by atoms with Crippen LogP contribution in [0.4, 0.5) is 4.79 Å². The first-order valence-electron chi connectivity index (χ1n) is 14.1. The van der Waals surface area contributed by atoms with Gasteiger partial charge in [-0.2, -0.15) is 0 Å². The Hall–Kier alpha value is -3.67. The summed E-state index contributed by atoms with van der Waals surface area (Å²) in [5, 5.41) is 0. The van der Waals surface area contributed by atoms with Crippen LogP contribution in [0.5, 0.6) is 0 Å². The number of amides is 2. The SMILES string of the molecule is Cc1ccc(CN2C(=O)N(C(C)C)CCC2Cc2nc3c(c(=O)n2Cc2ccccc2)CC(C)(C)C=C3)cc1. The summed E-state index contributed by atoms with van der Waals surface area (Å²) in [7, 11) is 0. The van der Waals surface area contributed by atoms with Crippen LogP contribution in [0, 0.1) is 12.3 Å². The van der Waals surface area contributed by atoms with Gasteiger partial charge in [0.2, 0.25) is 0 Å². The number of carbonyl (C=O) groups is 1. The normalized spacial score (nSPS) is 18.5. The lowest BCUT2D eigenvalue weighted by atomic mass is 9.81. The third kappa shape index (κ3) is 5.85. The molecule has 3 aromatic rings. The molecule has 2 amide bonds. The Morgan fingerprint density at radius 3 is 2.36 bits per heavy atom. The van der Waals surface area contributed by atoms with Crippen LogP contribution in [0.25, 0.3) is 6.08 Å². The van der Waals surface area contributed by atoms with Crippen LogP contribution >= 0.6 is 0 Å². The lowest BCUT2D eigenvalue weighted by Gasteiger charge is -2.43. The van der Waals surface area contributed by atoms with Gasteiger partial charge in [0.15, 0.2) is 0 Å². The molecule has 0 saturated carbocycles. The van der Waals surface area contributed by atoms with Crippen molar-refractivity contribution in [2.75, 3.05) is 6.54 Å². The number of hydrogen-bond donors (Lipinski definition) is 0. The zero-order chi connectivity index (χ0) is 27.7. The molecule has 6 nitrogen and oxygen atoms in total. The van der Waals surface area contributed by atoms with E-state index < -0.39 is 0 Å². The number of benzene rings is 2. The van der Waals surface area contributed by atoms with Gasteiger partial charge in [0.1, 0.15) is 5.82 Å². The molecule has 1 saturated heterocycles. The Morgan fingerprint density at radius 2 is 1.67 bits per heavy atom. The van der Waals surface area contributed by atoms with Crippen LogP contribution in [0.15, 0.2) is 65.5 Å². The summed E-state index contributed by atoms with van der Waals surface area (Å²) < 4.78 is 1.85. The van der Waals surface area contributed by atoms with Gasteiger partial charge >= 0.3 is 6.03 Å². The van der Waals surface area contributed by atoms with Crippen LogP contribution < -0.4 is 5.56 Å². The van der Waals surface area contributed by atoms with Crippen LogP contribution in [-0.4, -0.2) is 44.0 Å². The van der Waals surface area contributed by atoms with Crippen LogP contribution in [0.1, 0.15) is 67.9 Å². The first-order chi connectivity index (χ1) is 18.6. The Morgan fingerprint density at radius 1 is 0.974 bits per heavy atom. The van der Waals surface area contributed by atoms with Crippen molar-refractivity contribution >= 4 is 12.1 Å². The molecule has 0 N–H and O–H groups in total. The monoisotopic (exact) mass is 524 g/mol. The zero-order valence-corrected chi connectivity index (χ0v) is 23.9. The van der Waals surface area contributed by atoms with E-state index in [0.717, 1.165) is 34.6 Å². The third-order valence-electron chi connectivity index (χ3n) is 8.03. The highest BCUT2D eigenvalue weighted by molar-refractivity contribution is 5.76. The third-order valence-corrected chi connectivity index (χ3v) is 8.03. The second-order valence-corrected chi connectivity index (χ2v) is 12.1. The fraction of sp³-hybridized carbons (Fsp3) is 0.424. The number of rotatable bonds is 7. The highest BCUT2D eigenvalue weighted by Crippen LogP contribution is 2.30. The van der Waals surface area contributed by atoms with Crippen LogP contribution in [0.2, 0.25) is 0 Å². The van der Waals surface area contributed by atoms with Gasteiger partial charge in [-0.05, 0) is 56.2 Å². The highest BCUT2D eigenvalue weighted by Gasteiger charge is 2.36. The van der Waals surface area contributed by atoms with Gasteiger partial charge in [0, 0.05) is 37.2 Å². The highest BCUT2D eigenvalue weighted by atomic mass is 16.2. The zero-order valence-electron chi connectivity index (χ0n) is 23.9. The van der Waals surface area contributed by atoms with Gasteiger partial charge in [0.05, 0.1) is 12.2 Å². The summed E-state index contributed by atoms with van der Waals surface area (Å²) in [5.74, 6) is 0.747. The van der Waals surface area contributed by atoms with E-state index in [1.807, 2.05) is 50.8 Å². The number of nitrogens with zero attached hydrogens (tertiary/aromatic N) is 4. The average Bonchev–Trinajstić information content (AvgIpc) is 2.90. The smallest absolute Gasteiger partial charge is 0.320 e. The lowest BCUT2D eigenvalue weighted by molar-refractivity contribution is 0.0806. The van der Waals surface area contributed by atoms with Crippen molar-refractivity contribution in [1.29, 1.82) is 0 Å². The van der Waals surface area contributed by atoms with E-state index in [1.54, 1.807) is 0 Å². The quantitative estimate of drug-likeness (QED) is 0.390. The Bertz CT molecular complexity index is 1420. The molecule has 2 heterocycles. The van der Waals surface area contributed by atoms with Gasteiger partial charge in [-0.15, -0.1) is 0 Å². The minimum atomic E-state index is -0.0825. The largest absolute Gasteiger partial charge is 0.322 e. The van der Waals surface area contributed by atoms with Crippen molar-refractivity contribution in [1.82, 2.24) is 19.4 Å². The summed E-state index contributed by atoms with van der Waals surface area (Å²) in [4.78, 5) is 36.7. The molecule has 1 aliphatic heterocycles. The van der Waals surface area contributed by atoms with Crippen LogP contribution in [0.3, 0.4) is 0 Å². The lowest BCUT2D eigenvalue weighted by Crippen LogP contribution is -2.56. The van der Waals surface area contributed by atoms with Crippen molar-refractivity contribution in [3.8, 4) is 0 Å².